The quantitative estimate of drug-likeness (QED) is 0.718. The molecule has 3 aliphatic rings. The molecule has 3 rings (SSSR count). The number of carbonyl (C=O) groups is 1. The molecule has 2 aliphatic heterocycles. The number of hydrogen-bond acceptors (Lipinski definition) is 2. The van der Waals surface area contributed by atoms with Crippen molar-refractivity contribution in [2.24, 2.45) is 17.8 Å². The van der Waals surface area contributed by atoms with Crippen LogP contribution in [0.2, 0.25) is 0 Å². The van der Waals surface area contributed by atoms with Crippen LogP contribution in [0.15, 0.2) is 12.2 Å². The molecule has 3 unspecified atom stereocenters. The van der Waals surface area contributed by atoms with Gasteiger partial charge < -0.3 is 10.2 Å². The van der Waals surface area contributed by atoms with E-state index >= 15 is 0 Å². The van der Waals surface area contributed by atoms with E-state index in [1.165, 1.54) is 0 Å². The minimum atomic E-state index is 0.0341. The summed E-state index contributed by atoms with van der Waals surface area (Å²) in [6.45, 7) is 7.63. The van der Waals surface area contributed by atoms with E-state index in [2.05, 4.69) is 36.2 Å². The van der Waals surface area contributed by atoms with Crippen LogP contribution >= 0.6 is 0 Å². The average molecular weight is 248 g/mol. The van der Waals surface area contributed by atoms with Crippen molar-refractivity contribution in [3.63, 3.8) is 0 Å². The van der Waals surface area contributed by atoms with Crippen molar-refractivity contribution in [2.75, 3.05) is 19.6 Å². The summed E-state index contributed by atoms with van der Waals surface area (Å²) in [5.41, 5.74) is 0.0341. The molecular formula is C15H24N2O. The molecule has 2 heterocycles. The molecule has 2 saturated heterocycles. The van der Waals surface area contributed by atoms with Gasteiger partial charge in [-0.2, -0.15) is 0 Å². The van der Waals surface area contributed by atoms with Gasteiger partial charge in [0.05, 0.1) is 0 Å². The monoisotopic (exact) mass is 248 g/mol. The Balaban J connectivity index is 1.76. The van der Waals surface area contributed by atoms with Crippen LogP contribution in [-0.4, -0.2) is 36.0 Å². The topological polar surface area (TPSA) is 32.3 Å². The fourth-order valence-corrected chi connectivity index (χ4v) is 4.03. The highest BCUT2D eigenvalue weighted by atomic mass is 16.2. The Kier molecular flexibility index (Phi) is 2.97. The Bertz CT molecular complexity index is 375. The molecule has 0 radical (unpaired) electrons. The van der Waals surface area contributed by atoms with Crippen molar-refractivity contribution in [1.29, 1.82) is 0 Å². The van der Waals surface area contributed by atoms with Crippen molar-refractivity contribution < 1.29 is 4.79 Å². The summed E-state index contributed by atoms with van der Waals surface area (Å²) in [5, 5.41) is 3.47. The van der Waals surface area contributed by atoms with Crippen LogP contribution in [-0.2, 0) is 4.79 Å². The van der Waals surface area contributed by atoms with Crippen LogP contribution < -0.4 is 5.32 Å². The summed E-state index contributed by atoms with van der Waals surface area (Å²) in [5.74, 6) is 1.95. The Morgan fingerprint density at radius 3 is 2.83 bits per heavy atom. The van der Waals surface area contributed by atoms with Crippen LogP contribution in [0.3, 0.4) is 0 Å². The minimum Gasteiger partial charge on any atom is -0.337 e. The van der Waals surface area contributed by atoms with E-state index in [9.17, 15) is 4.79 Å². The molecule has 0 saturated carbocycles. The molecule has 1 amide bonds. The van der Waals surface area contributed by atoms with E-state index in [0.717, 1.165) is 38.9 Å². The smallest absolute Gasteiger partial charge is 0.226 e. The first kappa shape index (κ1) is 12.2. The van der Waals surface area contributed by atoms with Crippen LogP contribution in [0.25, 0.3) is 0 Å². The zero-order valence-corrected chi connectivity index (χ0v) is 11.5. The fraction of sp³-hybridized carbons (Fsp3) is 0.800. The van der Waals surface area contributed by atoms with Crippen LogP contribution in [0.4, 0.5) is 0 Å². The summed E-state index contributed by atoms with van der Waals surface area (Å²) in [6.07, 6.45) is 7.43. The van der Waals surface area contributed by atoms with Crippen LogP contribution in [0.5, 0.6) is 0 Å². The molecule has 100 valence electrons. The lowest BCUT2D eigenvalue weighted by molar-refractivity contribution is -0.139. The molecule has 0 aromatic heterocycles. The van der Waals surface area contributed by atoms with Crippen molar-refractivity contribution in [1.82, 2.24) is 10.2 Å². The summed E-state index contributed by atoms with van der Waals surface area (Å²) in [4.78, 5) is 14.9. The highest BCUT2D eigenvalue weighted by Crippen LogP contribution is 2.41. The molecule has 3 nitrogen and oxygen atoms in total. The Hall–Kier alpha value is -0.830. The number of fused-ring (bicyclic) bond motifs is 1. The van der Waals surface area contributed by atoms with E-state index in [-0.39, 0.29) is 11.5 Å². The van der Waals surface area contributed by atoms with Crippen LogP contribution in [0, 0.1) is 17.8 Å². The van der Waals surface area contributed by atoms with Crippen molar-refractivity contribution in [3.05, 3.63) is 12.2 Å². The molecule has 1 aliphatic carbocycles. The summed E-state index contributed by atoms with van der Waals surface area (Å²) in [6, 6.07) is 0. The van der Waals surface area contributed by atoms with Gasteiger partial charge >= 0.3 is 0 Å². The zero-order chi connectivity index (χ0) is 12.8. The number of allylic oxidation sites excluding steroid dienone is 2. The third-order valence-corrected chi connectivity index (χ3v) is 5.24. The molecule has 0 bridgehead atoms. The van der Waals surface area contributed by atoms with Gasteiger partial charge in [0.25, 0.3) is 0 Å². The maximum absolute atomic E-state index is 12.7. The van der Waals surface area contributed by atoms with Gasteiger partial charge in [-0.25, -0.2) is 0 Å². The minimum absolute atomic E-state index is 0.0341. The number of rotatable bonds is 1. The predicted molar refractivity (Wildman–Crippen MR) is 72.1 cm³/mol. The zero-order valence-electron chi connectivity index (χ0n) is 11.5. The molecule has 3 heteroatoms. The van der Waals surface area contributed by atoms with Gasteiger partial charge in [0.1, 0.15) is 0 Å². The second kappa shape index (κ2) is 4.37. The standard InChI is InChI=1S/C15H24N2O/c1-15(2)13-9-16-8-12(13)10-17(15)14(18)11-6-4-3-5-7-11/h3-4,11-13,16H,5-10H2,1-2H3. The highest BCUT2D eigenvalue weighted by molar-refractivity contribution is 5.80. The second-order valence-corrected chi connectivity index (χ2v) is 6.61. The third-order valence-electron chi connectivity index (χ3n) is 5.24. The van der Waals surface area contributed by atoms with E-state index < -0.39 is 0 Å². The molecule has 3 atom stereocenters. The Labute approximate surface area is 110 Å². The molecule has 0 spiro atoms. The van der Waals surface area contributed by atoms with E-state index in [1.54, 1.807) is 0 Å². The summed E-state index contributed by atoms with van der Waals surface area (Å²) < 4.78 is 0. The van der Waals surface area contributed by atoms with Gasteiger partial charge in [0, 0.05) is 31.1 Å². The fourth-order valence-electron chi connectivity index (χ4n) is 4.03. The second-order valence-electron chi connectivity index (χ2n) is 6.61. The van der Waals surface area contributed by atoms with Gasteiger partial charge in [-0.1, -0.05) is 12.2 Å². The number of nitrogens with zero attached hydrogens (tertiary/aromatic N) is 1. The van der Waals surface area contributed by atoms with Gasteiger partial charge in [-0.3, -0.25) is 4.79 Å². The number of amides is 1. The van der Waals surface area contributed by atoms with E-state index in [0.29, 0.717) is 17.7 Å². The largest absolute Gasteiger partial charge is 0.337 e. The predicted octanol–water partition coefficient (Wildman–Crippen LogP) is 1.80. The van der Waals surface area contributed by atoms with Gasteiger partial charge in [0.15, 0.2) is 0 Å². The van der Waals surface area contributed by atoms with Gasteiger partial charge in [-0.15, -0.1) is 0 Å². The SMILES string of the molecule is CC1(C)C2CNCC2CN1C(=O)C1CC=CCC1. The molecule has 0 aromatic rings. The molecular weight excluding hydrogens is 224 g/mol. The Morgan fingerprint density at radius 2 is 2.17 bits per heavy atom. The maximum atomic E-state index is 12.7. The number of carbonyl (C=O) groups excluding carboxylic acids is 1. The van der Waals surface area contributed by atoms with E-state index in [4.69, 9.17) is 0 Å². The normalized spacial score (nSPS) is 37.9. The number of hydrogen-bond donors (Lipinski definition) is 1. The van der Waals surface area contributed by atoms with Crippen molar-refractivity contribution >= 4 is 5.91 Å². The lowest BCUT2D eigenvalue weighted by atomic mass is 9.84. The first-order chi connectivity index (χ1) is 8.60. The number of nitrogens with one attached hydrogen (secondary N) is 1. The van der Waals surface area contributed by atoms with E-state index in [1.807, 2.05) is 0 Å². The van der Waals surface area contributed by atoms with Crippen molar-refractivity contribution in [2.45, 2.75) is 38.6 Å². The summed E-state index contributed by atoms with van der Waals surface area (Å²) in [7, 11) is 0. The van der Waals surface area contributed by atoms with Crippen molar-refractivity contribution in [3.8, 4) is 0 Å². The Morgan fingerprint density at radius 1 is 1.33 bits per heavy atom. The highest BCUT2D eigenvalue weighted by Gasteiger charge is 2.51. The lowest BCUT2D eigenvalue weighted by Gasteiger charge is -2.38. The van der Waals surface area contributed by atoms with Gasteiger partial charge in [0.2, 0.25) is 5.91 Å². The van der Waals surface area contributed by atoms with Gasteiger partial charge in [-0.05, 0) is 44.9 Å². The first-order valence-electron chi connectivity index (χ1n) is 7.28. The molecule has 0 aromatic carbocycles. The summed E-state index contributed by atoms with van der Waals surface area (Å²) >= 11 is 0. The number of likely N-dealkylation sites (tertiary alicyclic amines) is 1. The first-order valence-corrected chi connectivity index (χ1v) is 7.28. The lowest BCUT2D eigenvalue weighted by Crippen LogP contribution is -2.49. The maximum Gasteiger partial charge on any atom is 0.226 e. The average Bonchev–Trinajstić information content (AvgIpc) is 2.92. The third kappa shape index (κ3) is 1.80. The van der Waals surface area contributed by atoms with Crippen LogP contribution in [0.1, 0.15) is 33.1 Å². The molecule has 1 N–H and O–H groups in total. The molecule has 2 fully saturated rings. The molecule has 18 heavy (non-hydrogen) atoms.